The molecule has 2 N–H and O–H groups in total. The van der Waals surface area contributed by atoms with Gasteiger partial charge in [0.05, 0.1) is 0 Å². The van der Waals surface area contributed by atoms with Gasteiger partial charge in [-0.2, -0.15) is 0 Å². The number of pyridine rings is 2. The average molecular weight is 264 g/mol. The molecule has 0 fully saturated rings. The summed E-state index contributed by atoms with van der Waals surface area (Å²) < 4.78 is 26.6. The van der Waals surface area contributed by atoms with Crippen molar-refractivity contribution >= 4 is 11.6 Å². The van der Waals surface area contributed by atoms with Crippen LogP contribution in [-0.4, -0.2) is 23.6 Å². The van der Waals surface area contributed by atoms with Crippen molar-refractivity contribution in [2.45, 2.75) is 6.42 Å². The van der Waals surface area contributed by atoms with E-state index in [1.807, 2.05) is 12.1 Å². The summed E-state index contributed by atoms with van der Waals surface area (Å²) in [7, 11) is 1.68. The Morgan fingerprint density at radius 3 is 2.58 bits per heavy atom. The van der Waals surface area contributed by atoms with Crippen LogP contribution < -0.4 is 10.6 Å². The van der Waals surface area contributed by atoms with Gasteiger partial charge in [0.1, 0.15) is 0 Å². The van der Waals surface area contributed by atoms with Crippen LogP contribution in [0.4, 0.5) is 20.4 Å². The molecule has 0 aliphatic rings. The molecule has 0 saturated carbocycles. The van der Waals surface area contributed by atoms with Gasteiger partial charge in [-0.1, -0.05) is 0 Å². The topological polar surface area (TPSA) is 55.0 Å². The summed E-state index contributed by atoms with van der Waals surface area (Å²) in [6.45, 7) is 0.541. The van der Waals surface area contributed by atoms with Gasteiger partial charge in [-0.25, -0.2) is 13.8 Å². The molecule has 0 spiro atoms. The number of nitrogen functional groups attached to an aromatic ring is 1. The number of hydrogen-bond donors (Lipinski definition) is 1. The first-order valence-corrected chi connectivity index (χ1v) is 5.79. The summed E-state index contributed by atoms with van der Waals surface area (Å²) in [5.41, 5.74) is 6.43. The number of nitrogens with two attached hydrogens (primary N) is 1. The van der Waals surface area contributed by atoms with Gasteiger partial charge >= 0.3 is 0 Å². The second kappa shape index (κ2) is 5.60. The first-order valence-electron chi connectivity index (χ1n) is 5.79. The lowest BCUT2D eigenvalue weighted by Gasteiger charge is -2.19. The van der Waals surface area contributed by atoms with Crippen LogP contribution >= 0.6 is 0 Å². The van der Waals surface area contributed by atoms with Crippen LogP contribution in [0.15, 0.2) is 30.6 Å². The summed E-state index contributed by atoms with van der Waals surface area (Å²) >= 11 is 0. The third-order valence-corrected chi connectivity index (χ3v) is 2.78. The maximum absolute atomic E-state index is 13.6. The molecule has 0 bridgehead atoms. The highest BCUT2D eigenvalue weighted by Gasteiger charge is 2.13. The molecule has 100 valence electrons. The molecular formula is C13H14F2N4. The highest BCUT2D eigenvalue weighted by Crippen LogP contribution is 2.19. The van der Waals surface area contributed by atoms with Crippen molar-refractivity contribution < 1.29 is 8.78 Å². The smallest absolute Gasteiger partial charge is 0.168 e. The molecular weight excluding hydrogens is 250 g/mol. The third kappa shape index (κ3) is 3.15. The number of hydrogen-bond acceptors (Lipinski definition) is 4. The Morgan fingerprint density at radius 1 is 1.21 bits per heavy atom. The Bertz CT molecular complexity index is 560. The van der Waals surface area contributed by atoms with Crippen molar-refractivity contribution in [2.75, 3.05) is 24.2 Å². The van der Waals surface area contributed by atoms with Crippen molar-refractivity contribution in [1.29, 1.82) is 0 Å². The second-order valence-corrected chi connectivity index (χ2v) is 4.19. The predicted molar refractivity (Wildman–Crippen MR) is 69.8 cm³/mol. The number of likely N-dealkylation sites (N-methyl/N-ethyl adjacent to an activating group) is 1. The van der Waals surface area contributed by atoms with Gasteiger partial charge < -0.3 is 10.6 Å². The van der Waals surface area contributed by atoms with Crippen LogP contribution in [0.3, 0.4) is 0 Å². The lowest BCUT2D eigenvalue weighted by Crippen LogP contribution is -2.23. The van der Waals surface area contributed by atoms with E-state index in [9.17, 15) is 8.78 Å². The molecule has 0 aromatic carbocycles. The van der Waals surface area contributed by atoms with Gasteiger partial charge in [-0.3, -0.25) is 4.98 Å². The Hall–Kier alpha value is -2.24. The van der Waals surface area contributed by atoms with E-state index in [4.69, 9.17) is 5.73 Å². The zero-order valence-corrected chi connectivity index (χ0v) is 10.5. The Kier molecular flexibility index (Phi) is 3.89. The summed E-state index contributed by atoms with van der Waals surface area (Å²) in [4.78, 5) is 9.25. The van der Waals surface area contributed by atoms with Gasteiger partial charge in [-0.05, 0) is 24.1 Å². The largest absolute Gasteiger partial charge is 0.381 e. The predicted octanol–water partition coefficient (Wildman–Crippen LogP) is 2.02. The zero-order valence-electron chi connectivity index (χ0n) is 10.5. The molecule has 0 radical (unpaired) electrons. The summed E-state index contributed by atoms with van der Waals surface area (Å²) in [5, 5.41) is 0. The van der Waals surface area contributed by atoms with E-state index in [1.54, 1.807) is 24.3 Å². The fourth-order valence-electron chi connectivity index (χ4n) is 1.69. The van der Waals surface area contributed by atoms with Crippen molar-refractivity contribution in [3.63, 3.8) is 0 Å². The van der Waals surface area contributed by atoms with Gasteiger partial charge in [0, 0.05) is 32.1 Å². The minimum atomic E-state index is -0.844. The molecule has 6 heteroatoms. The fraction of sp³-hybridized carbons (Fsp3) is 0.231. The van der Waals surface area contributed by atoms with Gasteiger partial charge in [0.2, 0.25) is 0 Å². The number of nitrogens with zero attached hydrogens (tertiary/aromatic N) is 3. The van der Waals surface area contributed by atoms with Gasteiger partial charge in [-0.15, -0.1) is 0 Å². The van der Waals surface area contributed by atoms with Crippen molar-refractivity contribution in [3.05, 3.63) is 47.8 Å². The molecule has 2 rings (SSSR count). The van der Waals surface area contributed by atoms with Crippen LogP contribution in [0.1, 0.15) is 5.56 Å². The average Bonchev–Trinajstić information content (AvgIpc) is 2.41. The molecule has 2 aromatic heterocycles. The third-order valence-electron chi connectivity index (χ3n) is 2.78. The van der Waals surface area contributed by atoms with E-state index in [0.29, 0.717) is 13.0 Å². The first-order chi connectivity index (χ1) is 9.08. The zero-order chi connectivity index (χ0) is 13.8. The molecule has 0 unspecified atom stereocenters. The summed E-state index contributed by atoms with van der Waals surface area (Å²) in [5.74, 6) is -1.81. The number of rotatable bonds is 4. The summed E-state index contributed by atoms with van der Waals surface area (Å²) in [6.07, 6.45) is 4.10. The molecule has 2 heterocycles. The Labute approximate surface area is 109 Å². The van der Waals surface area contributed by atoms with Crippen molar-refractivity contribution in [1.82, 2.24) is 9.97 Å². The molecule has 0 amide bonds. The summed E-state index contributed by atoms with van der Waals surface area (Å²) in [6, 6.07) is 4.52. The minimum Gasteiger partial charge on any atom is -0.381 e. The van der Waals surface area contributed by atoms with E-state index in [1.165, 1.54) is 0 Å². The SMILES string of the molecule is CN(CCc1ccncc1)c1nc(N)c(F)cc1F. The van der Waals surface area contributed by atoms with Crippen LogP contribution in [0.5, 0.6) is 0 Å². The molecule has 4 nitrogen and oxygen atoms in total. The molecule has 0 aliphatic carbocycles. The lowest BCUT2D eigenvalue weighted by molar-refractivity contribution is 0.574. The van der Waals surface area contributed by atoms with Crippen LogP contribution in [0.2, 0.25) is 0 Å². The van der Waals surface area contributed by atoms with E-state index in [0.717, 1.165) is 11.6 Å². The highest BCUT2D eigenvalue weighted by atomic mass is 19.1. The molecule has 0 aliphatic heterocycles. The number of anilines is 2. The maximum atomic E-state index is 13.6. The molecule has 0 atom stereocenters. The van der Waals surface area contributed by atoms with Gasteiger partial charge in [0.25, 0.3) is 0 Å². The number of halogens is 2. The van der Waals surface area contributed by atoms with E-state index >= 15 is 0 Å². The van der Waals surface area contributed by atoms with Crippen LogP contribution in [0, 0.1) is 11.6 Å². The highest BCUT2D eigenvalue weighted by molar-refractivity contribution is 5.46. The first kappa shape index (κ1) is 13.2. The number of aromatic nitrogens is 2. The minimum absolute atomic E-state index is 0.0490. The van der Waals surface area contributed by atoms with Gasteiger partial charge in [0.15, 0.2) is 23.3 Å². The molecule has 2 aromatic rings. The quantitative estimate of drug-likeness (QED) is 0.917. The Balaban J connectivity index is 2.08. The lowest BCUT2D eigenvalue weighted by atomic mass is 10.2. The molecule has 19 heavy (non-hydrogen) atoms. The van der Waals surface area contributed by atoms with Crippen LogP contribution in [-0.2, 0) is 6.42 Å². The standard InChI is InChI=1S/C13H14F2N4/c1-19(7-4-9-2-5-17-6-3-9)13-11(15)8-10(14)12(16)18-13/h2-3,5-6,8H,4,7H2,1H3,(H2,16,18). The Morgan fingerprint density at radius 2 is 1.89 bits per heavy atom. The fourth-order valence-corrected chi connectivity index (χ4v) is 1.69. The molecule has 0 saturated heterocycles. The van der Waals surface area contributed by atoms with Crippen LogP contribution in [0.25, 0.3) is 0 Å². The van der Waals surface area contributed by atoms with E-state index < -0.39 is 11.6 Å². The second-order valence-electron chi connectivity index (χ2n) is 4.19. The normalized spacial score (nSPS) is 10.5. The van der Waals surface area contributed by atoms with E-state index in [-0.39, 0.29) is 11.6 Å². The van der Waals surface area contributed by atoms with E-state index in [2.05, 4.69) is 9.97 Å². The monoisotopic (exact) mass is 264 g/mol. The van der Waals surface area contributed by atoms with Crippen molar-refractivity contribution in [3.8, 4) is 0 Å². The van der Waals surface area contributed by atoms with Crippen molar-refractivity contribution in [2.24, 2.45) is 0 Å². The maximum Gasteiger partial charge on any atom is 0.168 e.